The summed E-state index contributed by atoms with van der Waals surface area (Å²) in [7, 11) is -3.85. The summed E-state index contributed by atoms with van der Waals surface area (Å²) in [5, 5.41) is 8.80. The molecule has 6 aromatic rings. The maximum absolute atomic E-state index is 12.9. The van der Waals surface area contributed by atoms with Crippen molar-refractivity contribution in [3.05, 3.63) is 114 Å². The molecule has 0 saturated carbocycles. The van der Waals surface area contributed by atoms with E-state index in [0.29, 0.717) is 28.1 Å². The number of sulfonamides is 1. The quantitative estimate of drug-likeness (QED) is 0.304. The number of fused-ring (bicyclic) bond motifs is 1. The van der Waals surface area contributed by atoms with Gasteiger partial charge in [0.1, 0.15) is 23.2 Å². The molecule has 13 heteroatoms. The number of nitrogens with one attached hydrogen (secondary N) is 1. The fourth-order valence-electron chi connectivity index (χ4n) is 3.77. The van der Waals surface area contributed by atoms with E-state index in [4.69, 9.17) is 4.42 Å². The van der Waals surface area contributed by atoms with Crippen LogP contribution >= 0.6 is 0 Å². The number of furan rings is 1. The van der Waals surface area contributed by atoms with Crippen molar-refractivity contribution in [3.63, 3.8) is 0 Å². The second-order valence-corrected chi connectivity index (χ2v) is 9.85. The number of anilines is 1. The highest BCUT2D eigenvalue weighted by Crippen LogP contribution is 2.24. The Kier molecular flexibility index (Phi) is 6.01. The lowest BCUT2D eigenvalue weighted by Gasteiger charge is -2.06. The Hall–Kier alpha value is -5.43. The third-order valence-electron chi connectivity index (χ3n) is 5.65. The van der Waals surface area contributed by atoms with E-state index in [1.807, 2.05) is 30.3 Å². The van der Waals surface area contributed by atoms with Crippen LogP contribution in [0.2, 0.25) is 0 Å². The van der Waals surface area contributed by atoms with Crippen LogP contribution in [0, 0.1) is 0 Å². The number of hydrogen-bond acceptors (Lipinski definition) is 9. The lowest BCUT2D eigenvalue weighted by molar-refractivity contribution is 0.573. The largest absolute Gasteiger partial charge is 0.455 e. The number of benzene rings is 2. The van der Waals surface area contributed by atoms with E-state index in [1.54, 1.807) is 35.0 Å². The molecule has 192 valence electrons. The molecule has 0 aliphatic rings. The van der Waals surface area contributed by atoms with Gasteiger partial charge in [-0.25, -0.2) is 32.8 Å². The lowest BCUT2D eigenvalue weighted by atomic mass is 10.2. The van der Waals surface area contributed by atoms with E-state index in [2.05, 4.69) is 29.9 Å². The standard InChI is InChI=1S/C26H18N8O4S/c35-25-22-16-31-34(19-5-2-1-3-6-19)24(22)29-17-33(25)30-15-20-9-12-23(38-20)18-7-10-21(11-8-18)39(36,37)32-26-27-13-4-14-28-26/h1-17H,(H,27,28,32). The van der Waals surface area contributed by atoms with Crippen LogP contribution in [0.4, 0.5) is 5.95 Å². The van der Waals surface area contributed by atoms with Crippen molar-refractivity contribution in [2.75, 3.05) is 4.72 Å². The molecule has 0 bridgehead atoms. The van der Waals surface area contributed by atoms with Crippen LogP contribution < -0.4 is 10.3 Å². The molecule has 0 amide bonds. The van der Waals surface area contributed by atoms with E-state index in [9.17, 15) is 13.2 Å². The Labute approximate surface area is 221 Å². The van der Waals surface area contributed by atoms with Crippen molar-refractivity contribution in [1.82, 2.24) is 29.4 Å². The van der Waals surface area contributed by atoms with Gasteiger partial charge >= 0.3 is 0 Å². The Morgan fingerprint density at radius 2 is 1.67 bits per heavy atom. The third-order valence-corrected chi connectivity index (χ3v) is 6.99. The molecular formula is C26H18N8O4S. The molecule has 0 radical (unpaired) electrons. The van der Waals surface area contributed by atoms with Crippen LogP contribution in [-0.4, -0.2) is 44.0 Å². The summed E-state index contributed by atoms with van der Waals surface area (Å²) >= 11 is 0. The van der Waals surface area contributed by atoms with Gasteiger partial charge in [0.25, 0.3) is 15.6 Å². The molecule has 6 rings (SSSR count). The number of para-hydroxylation sites is 1. The monoisotopic (exact) mass is 538 g/mol. The van der Waals surface area contributed by atoms with Crippen molar-refractivity contribution < 1.29 is 12.8 Å². The number of hydrogen-bond donors (Lipinski definition) is 1. The molecule has 0 aliphatic heterocycles. The second-order valence-electron chi connectivity index (χ2n) is 8.17. The molecule has 2 aromatic carbocycles. The minimum Gasteiger partial charge on any atom is -0.455 e. The first kappa shape index (κ1) is 23.9. The van der Waals surface area contributed by atoms with Gasteiger partial charge in [0.15, 0.2) is 5.65 Å². The van der Waals surface area contributed by atoms with Crippen LogP contribution in [0.3, 0.4) is 0 Å². The Bertz CT molecular complexity index is 1960. The molecule has 0 spiro atoms. The van der Waals surface area contributed by atoms with Crippen LogP contribution in [0.5, 0.6) is 0 Å². The minimum absolute atomic E-state index is 0.0185. The van der Waals surface area contributed by atoms with E-state index < -0.39 is 10.0 Å². The zero-order valence-corrected chi connectivity index (χ0v) is 20.8. The van der Waals surface area contributed by atoms with E-state index in [0.717, 1.165) is 10.4 Å². The summed E-state index contributed by atoms with van der Waals surface area (Å²) in [6, 6.07) is 20.5. The zero-order valence-electron chi connectivity index (χ0n) is 20.0. The number of aromatic nitrogens is 6. The highest BCUT2D eigenvalue weighted by molar-refractivity contribution is 7.92. The zero-order chi connectivity index (χ0) is 26.8. The second kappa shape index (κ2) is 9.79. The van der Waals surface area contributed by atoms with Gasteiger partial charge in [0, 0.05) is 18.0 Å². The minimum atomic E-state index is -3.85. The van der Waals surface area contributed by atoms with E-state index >= 15 is 0 Å². The SMILES string of the molecule is O=c1c2cnn(-c3ccccc3)c2ncn1N=Cc1ccc(-c2ccc(S(=O)(=O)Nc3ncccn3)cc2)o1. The van der Waals surface area contributed by atoms with Gasteiger partial charge in [-0.15, -0.1) is 0 Å². The summed E-state index contributed by atoms with van der Waals surface area (Å²) in [5.74, 6) is 0.858. The summed E-state index contributed by atoms with van der Waals surface area (Å²) in [5.41, 5.74) is 1.49. The predicted molar refractivity (Wildman–Crippen MR) is 143 cm³/mol. The van der Waals surface area contributed by atoms with Gasteiger partial charge < -0.3 is 4.42 Å². The maximum atomic E-state index is 12.9. The Balaban J connectivity index is 1.20. The van der Waals surface area contributed by atoms with Crippen molar-refractivity contribution in [2.24, 2.45) is 5.10 Å². The molecule has 12 nitrogen and oxygen atoms in total. The topological polar surface area (TPSA) is 150 Å². The van der Waals surface area contributed by atoms with Crippen LogP contribution in [0.15, 0.2) is 117 Å². The summed E-state index contributed by atoms with van der Waals surface area (Å²) in [4.78, 5) is 25.1. The summed E-state index contributed by atoms with van der Waals surface area (Å²) < 4.78 is 36.0. The van der Waals surface area contributed by atoms with Gasteiger partial charge in [-0.3, -0.25) is 4.79 Å². The van der Waals surface area contributed by atoms with Gasteiger partial charge in [-0.2, -0.15) is 14.9 Å². The fraction of sp³-hybridized carbons (Fsp3) is 0. The summed E-state index contributed by atoms with van der Waals surface area (Å²) in [6.07, 6.45) is 7.05. The fourth-order valence-corrected chi connectivity index (χ4v) is 4.73. The Morgan fingerprint density at radius 1 is 0.897 bits per heavy atom. The molecule has 0 atom stereocenters. The predicted octanol–water partition coefficient (Wildman–Crippen LogP) is 3.32. The molecule has 4 heterocycles. The highest BCUT2D eigenvalue weighted by atomic mass is 32.2. The average Bonchev–Trinajstić information content (AvgIpc) is 3.62. The average molecular weight is 539 g/mol. The first-order chi connectivity index (χ1) is 19.0. The highest BCUT2D eigenvalue weighted by Gasteiger charge is 2.16. The van der Waals surface area contributed by atoms with E-state index in [1.165, 1.54) is 43.3 Å². The van der Waals surface area contributed by atoms with E-state index in [-0.39, 0.29) is 16.4 Å². The molecular weight excluding hydrogens is 520 g/mol. The molecule has 4 aromatic heterocycles. The lowest BCUT2D eigenvalue weighted by Crippen LogP contribution is -2.17. The first-order valence-corrected chi connectivity index (χ1v) is 13.0. The summed E-state index contributed by atoms with van der Waals surface area (Å²) in [6.45, 7) is 0. The smallest absolute Gasteiger partial charge is 0.285 e. The van der Waals surface area contributed by atoms with Crippen LogP contribution in [0.25, 0.3) is 28.0 Å². The van der Waals surface area contributed by atoms with Gasteiger partial charge in [0.2, 0.25) is 5.95 Å². The van der Waals surface area contributed by atoms with Gasteiger partial charge in [0.05, 0.1) is 23.0 Å². The first-order valence-electron chi connectivity index (χ1n) is 11.5. The number of rotatable bonds is 7. The molecule has 0 aliphatic carbocycles. The van der Waals surface area contributed by atoms with Gasteiger partial charge in [-0.1, -0.05) is 18.2 Å². The number of nitrogens with zero attached hydrogens (tertiary/aromatic N) is 7. The molecule has 39 heavy (non-hydrogen) atoms. The van der Waals surface area contributed by atoms with Crippen molar-refractivity contribution in [2.45, 2.75) is 4.90 Å². The van der Waals surface area contributed by atoms with Crippen molar-refractivity contribution in [1.29, 1.82) is 0 Å². The van der Waals surface area contributed by atoms with Gasteiger partial charge in [-0.05, 0) is 54.6 Å². The Morgan fingerprint density at radius 3 is 2.44 bits per heavy atom. The van der Waals surface area contributed by atoms with Crippen molar-refractivity contribution >= 4 is 33.2 Å². The maximum Gasteiger partial charge on any atom is 0.285 e. The molecule has 0 saturated heterocycles. The molecule has 0 fully saturated rings. The molecule has 0 unspecified atom stereocenters. The van der Waals surface area contributed by atoms with Crippen LogP contribution in [0.1, 0.15) is 5.76 Å². The normalized spacial score (nSPS) is 11.8. The van der Waals surface area contributed by atoms with Crippen LogP contribution in [-0.2, 0) is 10.0 Å². The third kappa shape index (κ3) is 4.81. The van der Waals surface area contributed by atoms with Crippen molar-refractivity contribution in [3.8, 4) is 17.0 Å². The molecule has 1 N–H and O–H groups in total.